The fourth-order valence-corrected chi connectivity index (χ4v) is 5.25. The van der Waals surface area contributed by atoms with E-state index in [9.17, 15) is 12.8 Å². The molecule has 1 unspecified atom stereocenters. The maximum Gasteiger partial charge on any atom is 0.240 e. The summed E-state index contributed by atoms with van der Waals surface area (Å²) in [4.78, 5) is 7.69. The lowest BCUT2D eigenvalue weighted by Gasteiger charge is -2.37. The van der Waals surface area contributed by atoms with Gasteiger partial charge < -0.3 is 14.5 Å². The molecule has 9 heteroatoms. The van der Waals surface area contributed by atoms with Crippen LogP contribution in [0.1, 0.15) is 11.6 Å². The number of sulfonamides is 1. The van der Waals surface area contributed by atoms with E-state index < -0.39 is 10.0 Å². The molecule has 1 aliphatic heterocycles. The van der Waals surface area contributed by atoms with Gasteiger partial charge in [-0.05, 0) is 48.5 Å². The van der Waals surface area contributed by atoms with Gasteiger partial charge in [-0.2, -0.15) is 0 Å². The highest BCUT2D eigenvalue weighted by molar-refractivity contribution is 7.89. The lowest BCUT2D eigenvalue weighted by molar-refractivity contribution is -0.930. The van der Waals surface area contributed by atoms with Gasteiger partial charge in [-0.25, -0.2) is 17.5 Å². The van der Waals surface area contributed by atoms with Crippen LogP contribution in [0.3, 0.4) is 0 Å². The maximum atomic E-state index is 14.2. The molecule has 4 rings (SSSR count). The third kappa shape index (κ3) is 5.50. The molecule has 0 aliphatic carbocycles. The van der Waals surface area contributed by atoms with Crippen LogP contribution in [-0.4, -0.2) is 53.2 Å². The Morgan fingerprint density at radius 2 is 1.82 bits per heavy atom. The minimum atomic E-state index is -3.69. The van der Waals surface area contributed by atoms with Gasteiger partial charge in [0.15, 0.2) is 0 Å². The number of halogens is 1. The molecule has 174 valence electrons. The number of quaternary nitrogens is 1. The van der Waals surface area contributed by atoms with Crippen LogP contribution < -0.4 is 19.3 Å². The minimum Gasteiger partial charge on any atom is -0.497 e. The number of hydrogen-bond acceptors (Lipinski definition) is 5. The van der Waals surface area contributed by atoms with Crippen molar-refractivity contribution < 1.29 is 22.4 Å². The summed E-state index contributed by atoms with van der Waals surface area (Å²) in [5.74, 6) is 0.372. The molecule has 2 heterocycles. The first-order valence-corrected chi connectivity index (χ1v) is 12.3. The molecule has 2 N–H and O–H groups in total. The van der Waals surface area contributed by atoms with E-state index in [0.29, 0.717) is 24.5 Å². The molecule has 2 aromatic carbocycles. The Balaban J connectivity index is 1.48. The van der Waals surface area contributed by atoms with Crippen molar-refractivity contribution in [2.45, 2.75) is 10.9 Å². The zero-order valence-electron chi connectivity index (χ0n) is 18.4. The summed E-state index contributed by atoms with van der Waals surface area (Å²) in [6, 6.07) is 16.8. The average molecular weight is 472 g/mol. The summed E-state index contributed by atoms with van der Waals surface area (Å²) in [6.45, 7) is 3.09. The summed E-state index contributed by atoms with van der Waals surface area (Å²) in [5.41, 5.74) is 1.57. The largest absolute Gasteiger partial charge is 0.497 e. The van der Waals surface area contributed by atoms with Crippen molar-refractivity contribution in [2.75, 3.05) is 44.7 Å². The molecular weight excluding hydrogens is 443 g/mol. The monoisotopic (exact) mass is 471 g/mol. The van der Waals surface area contributed by atoms with Gasteiger partial charge in [0.2, 0.25) is 10.0 Å². The lowest BCUT2D eigenvalue weighted by atomic mass is 10.1. The number of hydrogen-bond donors (Lipinski definition) is 2. The summed E-state index contributed by atoms with van der Waals surface area (Å²) in [6.07, 6.45) is 3.48. The molecule has 1 aromatic heterocycles. The first-order valence-electron chi connectivity index (χ1n) is 10.9. The number of para-hydroxylation sites is 1. The van der Waals surface area contributed by atoms with Crippen molar-refractivity contribution in [3.05, 3.63) is 84.4 Å². The van der Waals surface area contributed by atoms with Crippen LogP contribution >= 0.6 is 0 Å². The average Bonchev–Trinajstić information content (AvgIpc) is 2.85. The summed E-state index contributed by atoms with van der Waals surface area (Å²) >= 11 is 0. The Morgan fingerprint density at radius 1 is 1.09 bits per heavy atom. The molecular formula is C24H28FN4O3S+. The van der Waals surface area contributed by atoms with E-state index in [2.05, 4.69) is 9.71 Å². The summed E-state index contributed by atoms with van der Waals surface area (Å²) < 4.78 is 47.9. The van der Waals surface area contributed by atoms with E-state index in [4.69, 9.17) is 4.74 Å². The van der Waals surface area contributed by atoms with Gasteiger partial charge in [0.05, 0.1) is 50.4 Å². The van der Waals surface area contributed by atoms with Crippen molar-refractivity contribution in [1.82, 2.24) is 9.71 Å². The van der Waals surface area contributed by atoms with E-state index in [1.54, 1.807) is 36.7 Å². The number of ether oxygens (including phenoxy) is 1. The van der Waals surface area contributed by atoms with Crippen LogP contribution in [0.15, 0.2) is 78.0 Å². The predicted octanol–water partition coefficient (Wildman–Crippen LogP) is 1.65. The topological polar surface area (TPSA) is 76.0 Å². The first kappa shape index (κ1) is 23.2. The second-order valence-electron chi connectivity index (χ2n) is 7.96. The van der Waals surface area contributed by atoms with Crippen LogP contribution in [0.2, 0.25) is 0 Å². The minimum absolute atomic E-state index is 0.116. The van der Waals surface area contributed by atoms with Crippen LogP contribution in [0, 0.1) is 5.82 Å². The standard InChI is InChI=1S/C24H27FN4O3S/c1-32-20-8-10-21(11-9-20)33(30,31)27-18-24(19-5-4-12-26-17-19)29-15-13-28(14-16-29)23-7-3-2-6-22(23)25/h2-12,17,24,27H,13-16,18H2,1H3/p+1. The molecule has 0 radical (unpaired) electrons. The number of rotatable bonds is 8. The van der Waals surface area contributed by atoms with Crippen LogP contribution in [-0.2, 0) is 10.0 Å². The molecule has 0 amide bonds. The van der Waals surface area contributed by atoms with E-state index in [1.165, 1.54) is 30.2 Å². The number of piperazine rings is 1. The van der Waals surface area contributed by atoms with Crippen molar-refractivity contribution in [3.63, 3.8) is 0 Å². The van der Waals surface area contributed by atoms with E-state index in [0.717, 1.165) is 18.7 Å². The fraction of sp³-hybridized carbons (Fsp3) is 0.292. The van der Waals surface area contributed by atoms with Gasteiger partial charge in [0, 0.05) is 18.0 Å². The third-order valence-corrected chi connectivity index (χ3v) is 7.47. The molecule has 33 heavy (non-hydrogen) atoms. The second kappa shape index (κ2) is 10.3. The van der Waals surface area contributed by atoms with Crippen molar-refractivity contribution in [2.24, 2.45) is 0 Å². The number of anilines is 1. The Labute approximate surface area is 193 Å². The zero-order valence-corrected chi connectivity index (χ0v) is 19.3. The Morgan fingerprint density at radius 3 is 2.45 bits per heavy atom. The van der Waals surface area contributed by atoms with Gasteiger partial charge in [-0.1, -0.05) is 12.1 Å². The zero-order chi connectivity index (χ0) is 23.3. The predicted molar refractivity (Wildman–Crippen MR) is 124 cm³/mol. The third-order valence-electron chi connectivity index (χ3n) is 6.03. The molecule has 7 nitrogen and oxygen atoms in total. The van der Waals surface area contributed by atoms with Gasteiger partial charge in [-0.3, -0.25) is 4.98 Å². The number of nitrogens with zero attached hydrogens (tertiary/aromatic N) is 2. The molecule has 3 aromatic rings. The van der Waals surface area contributed by atoms with Gasteiger partial charge in [-0.15, -0.1) is 0 Å². The Kier molecular flexibility index (Phi) is 7.22. The quantitative estimate of drug-likeness (QED) is 0.523. The number of benzene rings is 2. The molecule has 0 saturated carbocycles. The van der Waals surface area contributed by atoms with Crippen LogP contribution in [0.25, 0.3) is 0 Å². The number of methoxy groups -OCH3 is 1. The Bertz CT molecular complexity index is 1150. The number of aromatic nitrogens is 1. The van der Waals surface area contributed by atoms with Gasteiger partial charge in [0.1, 0.15) is 17.6 Å². The highest BCUT2D eigenvalue weighted by Gasteiger charge is 2.31. The molecule has 1 aliphatic rings. The first-order chi connectivity index (χ1) is 16.0. The number of pyridine rings is 1. The highest BCUT2D eigenvalue weighted by atomic mass is 32.2. The van der Waals surface area contributed by atoms with Gasteiger partial charge >= 0.3 is 0 Å². The lowest BCUT2D eigenvalue weighted by Crippen LogP contribution is -3.15. The normalized spacial score (nSPS) is 15.9. The molecule has 0 bridgehead atoms. The highest BCUT2D eigenvalue weighted by Crippen LogP contribution is 2.19. The maximum absolute atomic E-state index is 14.2. The summed E-state index contributed by atoms with van der Waals surface area (Å²) in [5, 5.41) is 0. The smallest absolute Gasteiger partial charge is 0.240 e. The van der Waals surface area contributed by atoms with E-state index in [-0.39, 0.29) is 23.3 Å². The van der Waals surface area contributed by atoms with Gasteiger partial charge in [0.25, 0.3) is 0 Å². The molecule has 0 spiro atoms. The van der Waals surface area contributed by atoms with Crippen LogP contribution in [0.4, 0.5) is 10.1 Å². The van der Waals surface area contributed by atoms with Crippen LogP contribution in [0.5, 0.6) is 5.75 Å². The fourth-order valence-electron chi connectivity index (χ4n) is 4.20. The molecule has 1 saturated heterocycles. The second-order valence-corrected chi connectivity index (χ2v) is 9.73. The number of nitrogens with one attached hydrogen (secondary N) is 2. The molecule has 1 atom stereocenters. The van der Waals surface area contributed by atoms with Crippen molar-refractivity contribution >= 4 is 15.7 Å². The Hall–Kier alpha value is -3.01. The molecule has 1 fully saturated rings. The SMILES string of the molecule is COc1ccc(S(=O)(=O)NCC(c2cccnc2)[NH+]2CCN(c3ccccc3F)CC2)cc1. The summed E-state index contributed by atoms with van der Waals surface area (Å²) in [7, 11) is -2.15. The van der Waals surface area contributed by atoms with Crippen molar-refractivity contribution in [1.29, 1.82) is 0 Å². The van der Waals surface area contributed by atoms with Crippen molar-refractivity contribution in [3.8, 4) is 5.75 Å². The van der Waals surface area contributed by atoms with E-state index >= 15 is 0 Å². The van der Waals surface area contributed by atoms with E-state index in [1.807, 2.05) is 23.1 Å².